The van der Waals surface area contributed by atoms with Gasteiger partial charge in [-0.2, -0.15) is 0 Å². The molecule has 0 saturated carbocycles. The van der Waals surface area contributed by atoms with E-state index in [9.17, 15) is 14.9 Å². The molecule has 1 aliphatic rings. The van der Waals surface area contributed by atoms with Crippen LogP contribution < -0.4 is 5.32 Å². The molecule has 2 unspecified atom stereocenters. The van der Waals surface area contributed by atoms with Gasteiger partial charge in [-0.05, 0) is 24.3 Å². The molecule has 0 bridgehead atoms. The van der Waals surface area contributed by atoms with Crippen molar-refractivity contribution in [3.05, 3.63) is 52.3 Å². The van der Waals surface area contributed by atoms with E-state index in [0.717, 1.165) is 5.56 Å². The minimum Gasteiger partial charge on any atom is -0.480 e. The number of aliphatic carboxylic acids is 1. The van der Waals surface area contributed by atoms with Crippen LogP contribution in [0.4, 0.5) is 5.69 Å². The second kappa shape index (κ2) is 5.82. The normalized spacial score (nSPS) is 20.9. The Morgan fingerprint density at radius 1 is 1.32 bits per heavy atom. The summed E-state index contributed by atoms with van der Waals surface area (Å²) in [6.07, 6.45) is 0. The molecule has 1 fully saturated rings. The van der Waals surface area contributed by atoms with Gasteiger partial charge >= 0.3 is 5.97 Å². The molecular weight excluding hydrogens is 308 g/mol. The molecule has 1 aromatic carbocycles. The Labute approximate surface area is 129 Å². The highest BCUT2D eigenvalue weighted by Gasteiger charge is 2.32. The molecule has 0 spiro atoms. The van der Waals surface area contributed by atoms with Crippen molar-refractivity contribution < 1.29 is 19.2 Å². The van der Waals surface area contributed by atoms with Crippen LogP contribution in [-0.4, -0.2) is 27.8 Å². The lowest BCUT2D eigenvalue weighted by atomic mass is 10.1. The third-order valence-electron chi connectivity index (χ3n) is 3.33. The smallest absolute Gasteiger partial charge is 0.321 e. The number of hydrogen-bond acceptors (Lipinski definition) is 6. The van der Waals surface area contributed by atoms with E-state index in [4.69, 9.17) is 9.52 Å². The average molecular weight is 320 g/mol. The molecule has 1 aromatic heterocycles. The number of carbonyl (C=O) groups is 1. The van der Waals surface area contributed by atoms with Crippen LogP contribution in [0.2, 0.25) is 0 Å². The second-order valence-electron chi connectivity index (χ2n) is 4.78. The SMILES string of the molecule is O=C(O)C1CSC(c2ccc(-c3ccc([N+](=O)[O-])cc3)o2)N1. The zero-order valence-corrected chi connectivity index (χ0v) is 12.1. The predicted molar refractivity (Wildman–Crippen MR) is 80.6 cm³/mol. The summed E-state index contributed by atoms with van der Waals surface area (Å²) in [6, 6.07) is 9.05. The zero-order valence-electron chi connectivity index (χ0n) is 11.3. The van der Waals surface area contributed by atoms with Crippen LogP contribution in [0.15, 0.2) is 40.8 Å². The Morgan fingerprint density at radius 2 is 2.05 bits per heavy atom. The predicted octanol–water partition coefficient (Wildman–Crippen LogP) is 2.64. The van der Waals surface area contributed by atoms with Crippen molar-refractivity contribution in [1.82, 2.24) is 5.32 Å². The van der Waals surface area contributed by atoms with Crippen molar-refractivity contribution in [2.75, 3.05) is 5.75 Å². The first-order valence-corrected chi connectivity index (χ1v) is 7.54. The van der Waals surface area contributed by atoms with E-state index in [0.29, 0.717) is 17.3 Å². The van der Waals surface area contributed by atoms with E-state index in [1.807, 2.05) is 0 Å². The highest BCUT2D eigenvalue weighted by molar-refractivity contribution is 7.99. The number of furan rings is 1. The lowest BCUT2D eigenvalue weighted by Crippen LogP contribution is -2.33. The molecule has 22 heavy (non-hydrogen) atoms. The quantitative estimate of drug-likeness (QED) is 0.659. The highest BCUT2D eigenvalue weighted by atomic mass is 32.2. The van der Waals surface area contributed by atoms with Crippen molar-refractivity contribution in [2.24, 2.45) is 0 Å². The first kappa shape index (κ1) is 14.6. The third kappa shape index (κ3) is 2.83. The summed E-state index contributed by atoms with van der Waals surface area (Å²) in [7, 11) is 0. The van der Waals surface area contributed by atoms with Crippen LogP contribution in [0.25, 0.3) is 11.3 Å². The molecule has 8 heteroatoms. The molecule has 0 amide bonds. The van der Waals surface area contributed by atoms with Gasteiger partial charge in [-0.1, -0.05) is 0 Å². The van der Waals surface area contributed by atoms with Gasteiger partial charge in [0.1, 0.15) is 22.9 Å². The van der Waals surface area contributed by atoms with Crippen LogP contribution in [0.1, 0.15) is 11.1 Å². The van der Waals surface area contributed by atoms with Crippen molar-refractivity contribution >= 4 is 23.4 Å². The van der Waals surface area contributed by atoms with Crippen LogP contribution in [0.3, 0.4) is 0 Å². The zero-order chi connectivity index (χ0) is 15.7. The van der Waals surface area contributed by atoms with E-state index < -0.39 is 16.9 Å². The van der Waals surface area contributed by atoms with E-state index in [1.54, 1.807) is 24.3 Å². The van der Waals surface area contributed by atoms with Gasteiger partial charge < -0.3 is 9.52 Å². The van der Waals surface area contributed by atoms with Crippen LogP contribution in [0.5, 0.6) is 0 Å². The molecule has 0 aliphatic carbocycles. The molecule has 114 valence electrons. The summed E-state index contributed by atoms with van der Waals surface area (Å²) in [5.41, 5.74) is 0.752. The maximum Gasteiger partial charge on any atom is 0.321 e. The number of nitro groups is 1. The van der Waals surface area contributed by atoms with E-state index in [-0.39, 0.29) is 11.1 Å². The number of carboxylic acids is 1. The second-order valence-corrected chi connectivity index (χ2v) is 5.91. The number of non-ortho nitro benzene ring substituents is 1. The number of nitrogens with one attached hydrogen (secondary N) is 1. The van der Waals surface area contributed by atoms with Gasteiger partial charge in [0.15, 0.2) is 0 Å². The topological polar surface area (TPSA) is 106 Å². The monoisotopic (exact) mass is 320 g/mol. The number of benzene rings is 1. The van der Waals surface area contributed by atoms with Crippen molar-refractivity contribution in [1.29, 1.82) is 0 Å². The number of thioether (sulfide) groups is 1. The molecule has 2 heterocycles. The fraction of sp³-hybridized carbons (Fsp3) is 0.214. The molecule has 2 aromatic rings. The van der Waals surface area contributed by atoms with Gasteiger partial charge in [-0.25, -0.2) is 0 Å². The number of rotatable bonds is 4. The summed E-state index contributed by atoms with van der Waals surface area (Å²) < 4.78 is 5.74. The van der Waals surface area contributed by atoms with Crippen LogP contribution >= 0.6 is 11.8 Å². The molecule has 2 atom stereocenters. The largest absolute Gasteiger partial charge is 0.480 e. The Kier molecular flexibility index (Phi) is 3.86. The van der Waals surface area contributed by atoms with Crippen LogP contribution in [0, 0.1) is 10.1 Å². The standard InChI is InChI=1S/C14H12N2O5S/c17-14(18)10-7-22-13(15-10)12-6-5-11(21-12)8-1-3-9(4-2-8)16(19)20/h1-6,10,13,15H,7H2,(H,17,18). The van der Waals surface area contributed by atoms with E-state index in [1.165, 1.54) is 23.9 Å². The Bertz CT molecular complexity index is 712. The molecule has 0 radical (unpaired) electrons. The maximum absolute atomic E-state index is 10.9. The Morgan fingerprint density at radius 3 is 2.64 bits per heavy atom. The van der Waals surface area contributed by atoms with Crippen molar-refractivity contribution in [2.45, 2.75) is 11.4 Å². The van der Waals surface area contributed by atoms with Gasteiger partial charge in [0.2, 0.25) is 0 Å². The van der Waals surface area contributed by atoms with E-state index >= 15 is 0 Å². The molecule has 7 nitrogen and oxygen atoms in total. The van der Waals surface area contributed by atoms with E-state index in [2.05, 4.69) is 5.32 Å². The summed E-state index contributed by atoms with van der Waals surface area (Å²) in [6.45, 7) is 0. The van der Waals surface area contributed by atoms with Gasteiger partial charge in [-0.15, -0.1) is 11.8 Å². The van der Waals surface area contributed by atoms with Crippen molar-refractivity contribution in [3.63, 3.8) is 0 Å². The molecule has 3 rings (SSSR count). The number of carboxylic acid groups (broad SMARTS) is 1. The summed E-state index contributed by atoms with van der Waals surface area (Å²) >= 11 is 1.47. The Balaban J connectivity index is 1.76. The highest BCUT2D eigenvalue weighted by Crippen LogP contribution is 2.35. The Hall–Kier alpha value is -2.32. The molecule has 1 aliphatic heterocycles. The lowest BCUT2D eigenvalue weighted by molar-refractivity contribution is -0.384. The first-order chi connectivity index (χ1) is 10.5. The summed E-state index contributed by atoms with van der Waals surface area (Å²) in [5, 5.41) is 22.4. The fourth-order valence-electron chi connectivity index (χ4n) is 2.17. The molecular formula is C14H12N2O5S. The summed E-state index contributed by atoms with van der Waals surface area (Å²) in [5.74, 6) is 0.832. The third-order valence-corrected chi connectivity index (χ3v) is 4.56. The molecule has 2 N–H and O–H groups in total. The van der Waals surface area contributed by atoms with Gasteiger partial charge in [-0.3, -0.25) is 20.2 Å². The first-order valence-electron chi connectivity index (χ1n) is 6.49. The van der Waals surface area contributed by atoms with Crippen molar-refractivity contribution in [3.8, 4) is 11.3 Å². The van der Waals surface area contributed by atoms with Gasteiger partial charge in [0.05, 0.1) is 4.92 Å². The van der Waals surface area contributed by atoms with Crippen LogP contribution in [-0.2, 0) is 4.79 Å². The fourth-order valence-corrected chi connectivity index (χ4v) is 3.35. The number of hydrogen-bond donors (Lipinski definition) is 2. The van der Waals surface area contributed by atoms with Gasteiger partial charge in [0, 0.05) is 23.4 Å². The maximum atomic E-state index is 10.9. The average Bonchev–Trinajstić information content (AvgIpc) is 3.16. The minimum absolute atomic E-state index is 0.0212. The number of nitro benzene ring substituents is 1. The number of nitrogens with zero attached hydrogens (tertiary/aromatic N) is 1. The minimum atomic E-state index is -0.878. The van der Waals surface area contributed by atoms with Gasteiger partial charge in [0.25, 0.3) is 5.69 Å². The lowest BCUT2D eigenvalue weighted by Gasteiger charge is -2.07. The summed E-state index contributed by atoms with van der Waals surface area (Å²) in [4.78, 5) is 21.1. The molecule has 1 saturated heterocycles.